The Kier molecular flexibility index (Phi) is 6.30. The third-order valence-corrected chi connectivity index (χ3v) is 2.87. The SMILES string of the molecule is CCCCCCCCc1cc[c]c([N+](=O)[O-])c1. The summed E-state index contributed by atoms with van der Waals surface area (Å²) in [5.74, 6) is 0. The van der Waals surface area contributed by atoms with Crippen LogP contribution < -0.4 is 0 Å². The minimum absolute atomic E-state index is 0.0773. The van der Waals surface area contributed by atoms with E-state index >= 15 is 0 Å². The molecule has 0 amide bonds. The molecular formula is C14H20NO2. The number of nitrogens with zero attached hydrogens (tertiary/aromatic N) is 1. The number of hydrogen-bond donors (Lipinski definition) is 0. The lowest BCUT2D eigenvalue weighted by atomic mass is 10.0. The van der Waals surface area contributed by atoms with Gasteiger partial charge in [0.1, 0.15) is 0 Å². The fourth-order valence-corrected chi connectivity index (χ4v) is 1.87. The van der Waals surface area contributed by atoms with E-state index in [1.807, 2.05) is 6.07 Å². The third-order valence-electron chi connectivity index (χ3n) is 2.87. The molecule has 3 nitrogen and oxygen atoms in total. The van der Waals surface area contributed by atoms with Gasteiger partial charge in [-0.3, -0.25) is 10.1 Å². The van der Waals surface area contributed by atoms with Gasteiger partial charge in [-0.25, -0.2) is 0 Å². The van der Waals surface area contributed by atoms with Crippen LogP contribution in [0.4, 0.5) is 5.69 Å². The zero-order chi connectivity index (χ0) is 12.5. The third kappa shape index (κ3) is 5.48. The highest BCUT2D eigenvalue weighted by atomic mass is 16.6. The lowest BCUT2D eigenvalue weighted by Crippen LogP contribution is -1.91. The average Bonchev–Trinajstić information content (AvgIpc) is 2.34. The molecule has 0 aliphatic rings. The first-order valence-electron chi connectivity index (χ1n) is 6.39. The summed E-state index contributed by atoms with van der Waals surface area (Å²) in [5.41, 5.74) is 1.12. The van der Waals surface area contributed by atoms with Gasteiger partial charge in [-0.05, 0) is 24.5 Å². The van der Waals surface area contributed by atoms with Crippen molar-refractivity contribution in [1.82, 2.24) is 0 Å². The van der Waals surface area contributed by atoms with Gasteiger partial charge < -0.3 is 0 Å². The molecule has 0 unspecified atom stereocenters. The number of nitro benzene ring substituents is 1. The van der Waals surface area contributed by atoms with Crippen molar-refractivity contribution in [2.24, 2.45) is 0 Å². The second-order valence-corrected chi connectivity index (χ2v) is 4.36. The van der Waals surface area contributed by atoms with Gasteiger partial charge in [0.25, 0.3) is 5.69 Å². The smallest absolute Gasteiger partial charge is 0.258 e. The summed E-state index contributed by atoms with van der Waals surface area (Å²) in [7, 11) is 0. The number of unbranched alkanes of at least 4 members (excludes halogenated alkanes) is 5. The number of benzene rings is 1. The molecule has 0 atom stereocenters. The number of aryl methyl sites for hydroxylation is 1. The normalized spacial score (nSPS) is 10.4. The van der Waals surface area contributed by atoms with Crippen molar-refractivity contribution in [1.29, 1.82) is 0 Å². The van der Waals surface area contributed by atoms with E-state index in [0.29, 0.717) is 0 Å². The van der Waals surface area contributed by atoms with Gasteiger partial charge in [0.15, 0.2) is 0 Å². The molecule has 1 rings (SSSR count). The molecule has 3 heteroatoms. The molecule has 0 aliphatic carbocycles. The van der Waals surface area contributed by atoms with Crippen LogP contribution in [0.3, 0.4) is 0 Å². The van der Waals surface area contributed by atoms with Crippen molar-refractivity contribution in [3.05, 3.63) is 39.9 Å². The summed E-state index contributed by atoms with van der Waals surface area (Å²) in [4.78, 5) is 10.2. The predicted octanol–water partition coefficient (Wildman–Crippen LogP) is 4.30. The largest absolute Gasteiger partial charge is 0.277 e. The first-order valence-corrected chi connectivity index (χ1v) is 6.39. The standard InChI is InChI=1S/C14H20NO2/c1-2-3-4-5-6-7-9-13-10-8-11-14(12-13)15(16)17/h8,10,12H,2-7,9H2,1H3. The Morgan fingerprint density at radius 2 is 1.94 bits per heavy atom. The van der Waals surface area contributed by atoms with Crippen molar-refractivity contribution in [2.45, 2.75) is 51.9 Å². The Balaban J connectivity index is 2.27. The van der Waals surface area contributed by atoms with Crippen molar-refractivity contribution in [3.63, 3.8) is 0 Å². The van der Waals surface area contributed by atoms with Crippen LogP contribution in [-0.4, -0.2) is 4.92 Å². The van der Waals surface area contributed by atoms with Gasteiger partial charge in [-0.15, -0.1) is 0 Å². The molecule has 1 radical (unpaired) electrons. The highest BCUT2D eigenvalue weighted by molar-refractivity contribution is 5.32. The second-order valence-electron chi connectivity index (χ2n) is 4.36. The molecule has 0 spiro atoms. The van der Waals surface area contributed by atoms with Crippen LogP contribution in [0.15, 0.2) is 18.2 Å². The van der Waals surface area contributed by atoms with E-state index < -0.39 is 0 Å². The maximum absolute atomic E-state index is 10.6. The molecule has 0 saturated carbocycles. The number of nitro groups is 1. The molecule has 93 valence electrons. The van der Waals surface area contributed by atoms with Crippen LogP contribution in [0.1, 0.15) is 51.0 Å². The van der Waals surface area contributed by atoms with Crippen molar-refractivity contribution in [2.75, 3.05) is 0 Å². The average molecular weight is 234 g/mol. The van der Waals surface area contributed by atoms with E-state index in [1.54, 1.807) is 12.1 Å². The van der Waals surface area contributed by atoms with E-state index in [-0.39, 0.29) is 10.6 Å². The van der Waals surface area contributed by atoms with E-state index in [4.69, 9.17) is 0 Å². The molecule has 17 heavy (non-hydrogen) atoms. The number of non-ortho nitro benzene ring substituents is 1. The fourth-order valence-electron chi connectivity index (χ4n) is 1.87. The van der Waals surface area contributed by atoms with Gasteiger partial charge in [0, 0.05) is 6.07 Å². The molecular weight excluding hydrogens is 214 g/mol. The summed E-state index contributed by atoms with van der Waals surface area (Å²) in [6.45, 7) is 2.21. The van der Waals surface area contributed by atoms with Gasteiger partial charge >= 0.3 is 0 Å². The van der Waals surface area contributed by atoms with E-state index in [2.05, 4.69) is 13.0 Å². The summed E-state index contributed by atoms with van der Waals surface area (Å²) in [6.07, 6.45) is 8.42. The van der Waals surface area contributed by atoms with Gasteiger partial charge in [-0.2, -0.15) is 0 Å². The summed E-state index contributed by atoms with van der Waals surface area (Å²) < 4.78 is 0. The van der Waals surface area contributed by atoms with E-state index in [9.17, 15) is 10.1 Å². The van der Waals surface area contributed by atoms with Crippen LogP contribution in [0.5, 0.6) is 0 Å². The van der Waals surface area contributed by atoms with Crippen LogP contribution in [0.25, 0.3) is 0 Å². The second kappa shape index (κ2) is 7.82. The highest BCUT2D eigenvalue weighted by Crippen LogP contribution is 2.15. The quantitative estimate of drug-likeness (QED) is 0.382. The Labute approximate surface area is 103 Å². The molecule has 0 N–H and O–H groups in total. The number of rotatable bonds is 8. The van der Waals surface area contributed by atoms with E-state index in [0.717, 1.165) is 18.4 Å². The minimum Gasteiger partial charge on any atom is -0.258 e. The highest BCUT2D eigenvalue weighted by Gasteiger charge is 2.05. The lowest BCUT2D eigenvalue weighted by molar-refractivity contribution is -0.385. The Hall–Kier alpha value is -1.38. The topological polar surface area (TPSA) is 43.1 Å². The first kappa shape index (κ1) is 13.7. The van der Waals surface area contributed by atoms with E-state index in [1.165, 1.54) is 32.1 Å². The number of hydrogen-bond acceptors (Lipinski definition) is 2. The first-order chi connectivity index (χ1) is 8.24. The van der Waals surface area contributed by atoms with Crippen molar-refractivity contribution in [3.8, 4) is 0 Å². The predicted molar refractivity (Wildman–Crippen MR) is 69.0 cm³/mol. The molecule has 1 aromatic rings. The molecule has 1 aromatic carbocycles. The van der Waals surface area contributed by atoms with Gasteiger partial charge in [0.05, 0.1) is 11.0 Å². The van der Waals surface area contributed by atoms with Crippen LogP contribution >= 0.6 is 0 Å². The molecule has 0 bridgehead atoms. The van der Waals surface area contributed by atoms with Crippen LogP contribution in [-0.2, 0) is 6.42 Å². The van der Waals surface area contributed by atoms with Crippen LogP contribution in [0.2, 0.25) is 0 Å². The summed E-state index contributed by atoms with van der Waals surface area (Å²) >= 11 is 0. The minimum atomic E-state index is -0.384. The monoisotopic (exact) mass is 234 g/mol. The van der Waals surface area contributed by atoms with Crippen LogP contribution in [0, 0.1) is 16.2 Å². The zero-order valence-electron chi connectivity index (χ0n) is 10.4. The summed E-state index contributed by atoms with van der Waals surface area (Å²) in [5, 5.41) is 10.6. The zero-order valence-corrected chi connectivity index (χ0v) is 10.4. The maximum atomic E-state index is 10.6. The molecule has 0 heterocycles. The molecule has 0 aromatic heterocycles. The maximum Gasteiger partial charge on any atom is 0.277 e. The lowest BCUT2D eigenvalue weighted by Gasteiger charge is -2.01. The molecule has 0 aliphatic heterocycles. The molecule has 0 saturated heterocycles. The van der Waals surface area contributed by atoms with Crippen molar-refractivity contribution >= 4 is 5.69 Å². The Morgan fingerprint density at radius 1 is 1.24 bits per heavy atom. The van der Waals surface area contributed by atoms with Gasteiger partial charge in [0.2, 0.25) is 0 Å². The fraction of sp³-hybridized carbons (Fsp3) is 0.571. The Bertz CT molecular complexity index is 350. The summed E-state index contributed by atoms with van der Waals surface area (Å²) in [6, 6.07) is 7.82. The Morgan fingerprint density at radius 3 is 2.65 bits per heavy atom. The molecule has 0 fully saturated rings. The van der Waals surface area contributed by atoms with Crippen molar-refractivity contribution < 1.29 is 4.92 Å². The van der Waals surface area contributed by atoms with Gasteiger partial charge in [-0.1, -0.05) is 45.1 Å².